The van der Waals surface area contributed by atoms with Crippen molar-refractivity contribution in [3.05, 3.63) is 0 Å². The minimum absolute atomic E-state index is 0.00368. The van der Waals surface area contributed by atoms with Crippen molar-refractivity contribution in [2.75, 3.05) is 13.1 Å². The predicted molar refractivity (Wildman–Crippen MR) is 365 cm³/mol. The fourth-order valence-corrected chi connectivity index (χ4v) is 15.9. The molecule has 0 saturated heterocycles. The Labute approximate surface area is 519 Å². The lowest BCUT2D eigenvalue weighted by Crippen LogP contribution is -2.35. The number of hydrogen-bond donors (Lipinski definition) is 4. The molecule has 0 saturated carbocycles. The Kier molecular flexibility index (Phi) is 64.4. The van der Waals surface area contributed by atoms with Gasteiger partial charge in [0.2, 0.25) is 23.6 Å². The normalized spacial score (nSPS) is 13.1. The molecule has 0 heterocycles. The van der Waals surface area contributed by atoms with E-state index < -0.39 is 11.8 Å². The molecule has 0 fully saturated rings. The molecule has 10 heteroatoms. The molecule has 8 nitrogen and oxygen atoms in total. The number of amides is 4. The third-order valence-corrected chi connectivity index (χ3v) is 21.2. The van der Waals surface area contributed by atoms with Crippen LogP contribution < -0.4 is 22.1 Å². The van der Waals surface area contributed by atoms with Gasteiger partial charge in [-0.1, -0.05) is 370 Å². The molecule has 0 radical (unpaired) electrons. The second-order valence-corrected chi connectivity index (χ2v) is 28.4. The van der Waals surface area contributed by atoms with Gasteiger partial charge in [0.15, 0.2) is 0 Å². The van der Waals surface area contributed by atoms with Gasteiger partial charge in [0.05, 0.1) is 11.8 Å². The molecule has 0 aromatic carbocycles. The van der Waals surface area contributed by atoms with Crippen LogP contribution in [0.3, 0.4) is 0 Å². The van der Waals surface area contributed by atoms with E-state index in [9.17, 15) is 19.2 Å². The summed E-state index contributed by atoms with van der Waals surface area (Å²) >= 11 is 0. The highest BCUT2D eigenvalue weighted by molar-refractivity contribution is 8.77. The predicted octanol–water partition coefficient (Wildman–Crippen LogP) is 22.2. The van der Waals surface area contributed by atoms with Crippen molar-refractivity contribution < 1.29 is 19.2 Å². The minimum Gasteiger partial charge on any atom is -0.369 e. The number of nitrogens with one attached hydrogen (secondary N) is 2. The van der Waals surface area contributed by atoms with Gasteiger partial charge in [-0.05, 0) is 38.5 Å². The highest BCUT2D eigenvalue weighted by atomic mass is 33.1. The third kappa shape index (κ3) is 56.4. The van der Waals surface area contributed by atoms with Gasteiger partial charge >= 0.3 is 0 Å². The number of unbranched alkanes of at least 4 members (excludes halogenated alkanes) is 48. The first kappa shape index (κ1) is 80.6. The van der Waals surface area contributed by atoms with Crippen LogP contribution in [-0.4, -0.2) is 47.2 Å². The zero-order chi connectivity index (χ0) is 59.9. The highest BCUT2D eigenvalue weighted by Gasteiger charge is 2.32. The summed E-state index contributed by atoms with van der Waals surface area (Å²) in [7, 11) is 3.43. The molecule has 0 bridgehead atoms. The maximum atomic E-state index is 13.4. The molecule has 6 N–H and O–H groups in total. The van der Waals surface area contributed by atoms with Gasteiger partial charge in [-0.3, -0.25) is 19.2 Å². The fraction of sp³-hybridized carbons (Fsp3) is 0.944. The second-order valence-electron chi connectivity index (χ2n) is 25.6. The molecular formula is C72H142N4O4S2. The maximum Gasteiger partial charge on any atom is 0.221 e. The lowest BCUT2D eigenvalue weighted by molar-refractivity contribution is -0.125. The quantitative estimate of drug-likeness (QED) is 0.0353. The topological polar surface area (TPSA) is 144 Å². The Hall–Kier alpha value is -1.42. The lowest BCUT2D eigenvalue weighted by Gasteiger charge is -2.29. The van der Waals surface area contributed by atoms with Crippen molar-refractivity contribution in [1.29, 1.82) is 0 Å². The van der Waals surface area contributed by atoms with Gasteiger partial charge in [-0.2, -0.15) is 0 Å². The summed E-state index contributed by atoms with van der Waals surface area (Å²) < 4.78 is 0. The van der Waals surface area contributed by atoms with E-state index in [0.29, 0.717) is 25.9 Å². The smallest absolute Gasteiger partial charge is 0.221 e. The molecule has 4 amide bonds. The van der Waals surface area contributed by atoms with E-state index in [-0.39, 0.29) is 47.0 Å². The third-order valence-electron chi connectivity index (χ3n) is 17.7. The van der Waals surface area contributed by atoms with Crippen molar-refractivity contribution >= 4 is 45.2 Å². The monoisotopic (exact) mass is 1190 g/mol. The van der Waals surface area contributed by atoms with Crippen molar-refractivity contribution in [1.82, 2.24) is 10.6 Å². The van der Waals surface area contributed by atoms with Crippen LogP contribution >= 0.6 is 21.6 Å². The van der Waals surface area contributed by atoms with Crippen LogP contribution in [0.1, 0.15) is 400 Å². The Morgan fingerprint density at radius 3 is 0.646 bits per heavy atom. The molecular weight excluding hydrogens is 1050 g/mol. The van der Waals surface area contributed by atoms with Gasteiger partial charge in [-0.15, -0.1) is 0 Å². The molecule has 0 aromatic heterocycles. The minimum atomic E-state index is -0.447. The van der Waals surface area contributed by atoms with Crippen LogP contribution in [0.4, 0.5) is 0 Å². The standard InChI is InChI=1S/C72H142N4O4S2/c1-5-9-13-17-21-25-29-33-35-39-43-47-51-55-63-75-69(77)61-59-65(71(73)79)67(57-53-49-45-41-37-31-27-23-19-15-11-7-3)81-82-68(58-54-50-46-42-38-32-28-24-20-16-12-8-4)66(72(74)80)60-62-70(78)76-64-56-52-48-44-40-36-34-30-26-22-18-14-10-6-2/h65-68H,5-64H2,1-4H3,(H2,73,79)(H2,74,80)(H,75,77)(H,76,78). The number of hydrogen-bond acceptors (Lipinski definition) is 6. The molecule has 4 atom stereocenters. The van der Waals surface area contributed by atoms with Crippen molar-refractivity contribution in [2.24, 2.45) is 23.3 Å². The Morgan fingerprint density at radius 1 is 0.268 bits per heavy atom. The van der Waals surface area contributed by atoms with Crippen LogP contribution in [-0.2, 0) is 19.2 Å². The van der Waals surface area contributed by atoms with E-state index in [4.69, 9.17) is 11.5 Å². The molecule has 0 aromatic rings. The Balaban J connectivity index is 5.56. The largest absolute Gasteiger partial charge is 0.369 e. The van der Waals surface area contributed by atoms with E-state index in [2.05, 4.69) is 38.3 Å². The van der Waals surface area contributed by atoms with E-state index in [0.717, 1.165) is 64.2 Å². The molecule has 0 aliphatic carbocycles. The van der Waals surface area contributed by atoms with Crippen LogP contribution in [0.2, 0.25) is 0 Å². The molecule has 82 heavy (non-hydrogen) atoms. The molecule has 0 spiro atoms. The zero-order valence-electron chi connectivity index (χ0n) is 55.3. The number of nitrogens with two attached hydrogens (primary N) is 2. The zero-order valence-corrected chi connectivity index (χ0v) is 57.0. The van der Waals surface area contributed by atoms with Crippen LogP contribution in [0.5, 0.6) is 0 Å². The molecule has 0 aliphatic heterocycles. The summed E-state index contributed by atoms with van der Waals surface area (Å²) in [6.45, 7) is 10.5. The van der Waals surface area contributed by atoms with Crippen molar-refractivity contribution in [3.8, 4) is 0 Å². The van der Waals surface area contributed by atoms with Crippen LogP contribution in [0, 0.1) is 11.8 Å². The fourth-order valence-electron chi connectivity index (χ4n) is 12.0. The van der Waals surface area contributed by atoms with E-state index in [1.165, 1.54) is 283 Å². The van der Waals surface area contributed by atoms with E-state index >= 15 is 0 Å². The first-order valence-electron chi connectivity index (χ1n) is 36.7. The van der Waals surface area contributed by atoms with Crippen LogP contribution in [0.25, 0.3) is 0 Å². The highest BCUT2D eigenvalue weighted by Crippen LogP contribution is 2.43. The summed E-state index contributed by atoms with van der Waals surface area (Å²) in [6.07, 6.45) is 70.1. The number of carbonyl (C=O) groups excluding carboxylic acids is 4. The summed E-state index contributed by atoms with van der Waals surface area (Å²) in [5.41, 5.74) is 12.6. The lowest BCUT2D eigenvalue weighted by atomic mass is 9.94. The first-order chi connectivity index (χ1) is 40.2. The van der Waals surface area contributed by atoms with Crippen molar-refractivity contribution in [2.45, 2.75) is 411 Å². The second kappa shape index (κ2) is 65.6. The summed E-state index contributed by atoms with van der Waals surface area (Å²) in [5, 5.41) is 6.18. The van der Waals surface area contributed by atoms with Gasteiger partial charge in [0.25, 0.3) is 0 Å². The van der Waals surface area contributed by atoms with Crippen molar-refractivity contribution in [3.63, 3.8) is 0 Å². The van der Waals surface area contributed by atoms with Gasteiger partial charge < -0.3 is 22.1 Å². The molecule has 0 rings (SSSR count). The van der Waals surface area contributed by atoms with E-state index in [1.54, 1.807) is 21.6 Å². The number of primary amides is 2. The SMILES string of the molecule is CCCCCCCCCCCCCCCCNC(=O)CCC(C(N)=O)C(CCCCCCCCCCCCCC)SSC(CCCCCCCCCCCCCC)C(CCC(=O)NCCCCCCCCCCCCCCCC)C(N)=O. The Bertz CT molecular complexity index is 1270. The average molecular weight is 1190 g/mol. The average Bonchev–Trinajstić information content (AvgIpc) is 3.46. The molecule has 0 aliphatic rings. The maximum absolute atomic E-state index is 13.4. The first-order valence-corrected chi connectivity index (χ1v) is 38.9. The van der Waals surface area contributed by atoms with E-state index in [1.807, 2.05) is 0 Å². The van der Waals surface area contributed by atoms with Crippen LogP contribution in [0.15, 0.2) is 0 Å². The summed E-state index contributed by atoms with van der Waals surface area (Å²) in [6, 6.07) is 0. The number of carbonyl (C=O) groups is 4. The summed E-state index contributed by atoms with van der Waals surface area (Å²) in [4.78, 5) is 53.5. The Morgan fingerprint density at radius 2 is 0.451 bits per heavy atom. The number of rotatable bonds is 69. The van der Waals surface area contributed by atoms with Gasteiger partial charge in [0, 0.05) is 36.4 Å². The molecule has 486 valence electrons. The molecule has 4 unspecified atom stereocenters. The summed E-state index contributed by atoms with van der Waals surface area (Å²) in [5.74, 6) is -1.56. The van der Waals surface area contributed by atoms with Gasteiger partial charge in [0.1, 0.15) is 0 Å². The van der Waals surface area contributed by atoms with Gasteiger partial charge in [-0.25, -0.2) is 0 Å².